The van der Waals surface area contributed by atoms with Gasteiger partial charge in [-0.2, -0.15) is 0 Å². The molecular weight excluding hydrogens is 398 g/mol. The zero-order valence-corrected chi connectivity index (χ0v) is 17.2. The van der Waals surface area contributed by atoms with Crippen molar-refractivity contribution in [3.05, 3.63) is 88.9 Å². The molecule has 0 aliphatic carbocycles. The number of rotatable bonds is 4. The Balaban J connectivity index is 1.60. The first-order valence-corrected chi connectivity index (χ1v) is 9.97. The molecule has 0 atom stereocenters. The second kappa shape index (κ2) is 8.51. The van der Waals surface area contributed by atoms with E-state index in [4.69, 9.17) is 16.6 Å². The van der Waals surface area contributed by atoms with E-state index in [9.17, 15) is 9.59 Å². The number of aliphatic imine (C=N–C) groups is 1. The van der Waals surface area contributed by atoms with Crippen molar-refractivity contribution in [1.29, 1.82) is 0 Å². The fraction of sp³-hybridized carbons (Fsp3) is 0.125. The summed E-state index contributed by atoms with van der Waals surface area (Å²) in [6, 6.07) is 22.1. The van der Waals surface area contributed by atoms with Gasteiger partial charge in [0.25, 0.3) is 0 Å². The number of aryl methyl sites for hydroxylation is 1. The molecule has 0 spiro atoms. The average Bonchev–Trinajstić information content (AvgIpc) is 2.87. The van der Waals surface area contributed by atoms with E-state index in [1.54, 1.807) is 18.2 Å². The van der Waals surface area contributed by atoms with Crippen molar-refractivity contribution < 1.29 is 9.59 Å². The monoisotopic (exact) mass is 417 g/mol. The van der Waals surface area contributed by atoms with Crippen LogP contribution in [0.5, 0.6) is 0 Å². The number of halogens is 1. The summed E-state index contributed by atoms with van der Waals surface area (Å²) in [6.45, 7) is 1.89. The number of amides is 2. The van der Waals surface area contributed by atoms with Crippen LogP contribution in [0.2, 0.25) is 5.02 Å². The lowest BCUT2D eigenvalue weighted by atomic mass is 10.1. The van der Waals surface area contributed by atoms with Crippen molar-refractivity contribution in [1.82, 2.24) is 0 Å². The van der Waals surface area contributed by atoms with Gasteiger partial charge < -0.3 is 10.2 Å². The first-order chi connectivity index (χ1) is 14.5. The predicted molar refractivity (Wildman–Crippen MR) is 121 cm³/mol. The van der Waals surface area contributed by atoms with E-state index in [-0.39, 0.29) is 24.8 Å². The molecule has 3 aromatic rings. The van der Waals surface area contributed by atoms with Crippen LogP contribution in [0.25, 0.3) is 0 Å². The minimum absolute atomic E-state index is 0.0901. The number of nitrogens with one attached hydrogen (secondary N) is 1. The molecule has 0 saturated carbocycles. The maximum Gasteiger partial charge on any atom is 0.244 e. The molecule has 1 aliphatic heterocycles. The van der Waals surface area contributed by atoms with Gasteiger partial charge in [0.15, 0.2) is 0 Å². The molecule has 150 valence electrons. The minimum Gasteiger partial charge on any atom is -0.325 e. The molecule has 0 unspecified atom stereocenters. The van der Waals surface area contributed by atoms with Crippen LogP contribution in [0.3, 0.4) is 0 Å². The molecule has 30 heavy (non-hydrogen) atoms. The fourth-order valence-electron chi connectivity index (χ4n) is 3.31. The third kappa shape index (κ3) is 4.42. The van der Waals surface area contributed by atoms with Gasteiger partial charge in [0.1, 0.15) is 6.54 Å². The van der Waals surface area contributed by atoms with Crippen LogP contribution in [0.4, 0.5) is 17.1 Å². The Morgan fingerprint density at radius 3 is 2.47 bits per heavy atom. The first-order valence-electron chi connectivity index (χ1n) is 9.59. The van der Waals surface area contributed by atoms with Crippen LogP contribution in [0, 0.1) is 6.92 Å². The van der Waals surface area contributed by atoms with E-state index in [0.29, 0.717) is 27.8 Å². The normalized spacial score (nSPS) is 13.3. The third-order valence-corrected chi connectivity index (χ3v) is 5.11. The number of hydrogen-bond donors (Lipinski definition) is 1. The van der Waals surface area contributed by atoms with Gasteiger partial charge in [0, 0.05) is 10.7 Å². The molecule has 0 fully saturated rings. The van der Waals surface area contributed by atoms with Gasteiger partial charge in [0.05, 0.1) is 23.5 Å². The van der Waals surface area contributed by atoms with Crippen molar-refractivity contribution in [2.24, 2.45) is 4.99 Å². The van der Waals surface area contributed by atoms with Crippen LogP contribution < -0.4 is 10.2 Å². The number of hydrogen-bond acceptors (Lipinski definition) is 3. The van der Waals surface area contributed by atoms with Crippen LogP contribution in [0.1, 0.15) is 17.5 Å². The lowest BCUT2D eigenvalue weighted by Crippen LogP contribution is -2.38. The highest BCUT2D eigenvalue weighted by Crippen LogP contribution is 2.33. The van der Waals surface area contributed by atoms with E-state index in [1.165, 1.54) is 4.90 Å². The number of carbonyl (C=O) groups is 2. The Morgan fingerprint density at radius 2 is 1.73 bits per heavy atom. The third-order valence-electron chi connectivity index (χ3n) is 4.86. The van der Waals surface area contributed by atoms with Crippen molar-refractivity contribution in [2.75, 3.05) is 16.8 Å². The summed E-state index contributed by atoms with van der Waals surface area (Å²) in [5.41, 5.74) is 4.54. The van der Waals surface area contributed by atoms with E-state index in [2.05, 4.69) is 5.32 Å². The topological polar surface area (TPSA) is 61.8 Å². The molecule has 0 aromatic heterocycles. The SMILES string of the molecule is Cc1ccc(NC(=O)CN2C(=O)CC(c3ccc(Cl)cc3)=Nc3ccccc32)cc1. The van der Waals surface area contributed by atoms with Crippen LogP contribution in [-0.2, 0) is 9.59 Å². The molecule has 5 nitrogen and oxygen atoms in total. The van der Waals surface area contributed by atoms with E-state index in [0.717, 1.165) is 11.1 Å². The summed E-state index contributed by atoms with van der Waals surface area (Å²) in [5.74, 6) is -0.454. The van der Waals surface area contributed by atoms with Gasteiger partial charge in [-0.3, -0.25) is 14.6 Å². The minimum atomic E-state index is -0.267. The standard InChI is InChI=1S/C24H20ClN3O2/c1-16-6-12-19(13-7-16)26-23(29)15-28-22-5-3-2-4-20(22)27-21(14-24(28)30)17-8-10-18(25)11-9-17/h2-13H,14-15H2,1H3,(H,26,29). The highest BCUT2D eigenvalue weighted by molar-refractivity contribution is 6.30. The van der Waals surface area contributed by atoms with Crippen LogP contribution >= 0.6 is 11.6 Å². The molecular formula is C24H20ClN3O2. The lowest BCUT2D eigenvalue weighted by Gasteiger charge is -2.22. The molecule has 0 saturated heterocycles. The molecule has 4 rings (SSSR count). The highest BCUT2D eigenvalue weighted by atomic mass is 35.5. The van der Waals surface area contributed by atoms with Crippen molar-refractivity contribution in [2.45, 2.75) is 13.3 Å². The zero-order chi connectivity index (χ0) is 21.1. The number of nitrogens with zero attached hydrogens (tertiary/aromatic N) is 2. The molecule has 1 heterocycles. The summed E-state index contributed by atoms with van der Waals surface area (Å²) in [4.78, 5) is 32.0. The Morgan fingerprint density at radius 1 is 1.03 bits per heavy atom. The Kier molecular flexibility index (Phi) is 5.63. The van der Waals surface area contributed by atoms with Gasteiger partial charge >= 0.3 is 0 Å². The van der Waals surface area contributed by atoms with Crippen LogP contribution in [0.15, 0.2) is 77.8 Å². The number of para-hydroxylation sites is 2. The number of benzene rings is 3. The van der Waals surface area contributed by atoms with Crippen molar-refractivity contribution in [3.63, 3.8) is 0 Å². The molecule has 1 N–H and O–H groups in total. The van der Waals surface area contributed by atoms with E-state index < -0.39 is 0 Å². The van der Waals surface area contributed by atoms with Crippen molar-refractivity contribution in [3.8, 4) is 0 Å². The maximum atomic E-state index is 13.1. The summed E-state index contributed by atoms with van der Waals surface area (Å²) in [5, 5.41) is 3.47. The van der Waals surface area contributed by atoms with Gasteiger partial charge in [-0.05, 0) is 48.9 Å². The smallest absolute Gasteiger partial charge is 0.244 e. The summed E-state index contributed by atoms with van der Waals surface area (Å²) < 4.78 is 0. The van der Waals surface area contributed by atoms with Gasteiger partial charge in [-0.1, -0.05) is 53.6 Å². The number of fused-ring (bicyclic) bond motifs is 1. The Labute approximate surface area is 180 Å². The second-order valence-electron chi connectivity index (χ2n) is 7.12. The summed E-state index contributed by atoms with van der Waals surface area (Å²) >= 11 is 5.99. The molecule has 1 aliphatic rings. The molecule has 6 heteroatoms. The lowest BCUT2D eigenvalue weighted by molar-refractivity contribution is -0.120. The number of anilines is 2. The Hall–Kier alpha value is -3.44. The second-order valence-corrected chi connectivity index (χ2v) is 7.56. The van der Waals surface area contributed by atoms with Gasteiger partial charge in [-0.25, -0.2) is 0 Å². The van der Waals surface area contributed by atoms with Crippen molar-refractivity contribution >= 4 is 46.2 Å². The zero-order valence-electron chi connectivity index (χ0n) is 16.4. The number of carbonyl (C=O) groups excluding carboxylic acids is 2. The quantitative estimate of drug-likeness (QED) is 0.638. The van der Waals surface area contributed by atoms with E-state index >= 15 is 0 Å². The Bertz CT molecular complexity index is 1120. The average molecular weight is 418 g/mol. The van der Waals surface area contributed by atoms with Gasteiger partial charge in [0.2, 0.25) is 11.8 Å². The maximum absolute atomic E-state index is 13.1. The fourth-order valence-corrected chi connectivity index (χ4v) is 3.43. The molecule has 0 radical (unpaired) electrons. The first kappa shape index (κ1) is 19.9. The predicted octanol–water partition coefficient (Wildman–Crippen LogP) is 5.14. The summed E-state index contributed by atoms with van der Waals surface area (Å²) in [6.07, 6.45) is 0.0914. The van der Waals surface area contributed by atoms with E-state index in [1.807, 2.05) is 61.5 Å². The highest BCUT2D eigenvalue weighted by Gasteiger charge is 2.26. The largest absolute Gasteiger partial charge is 0.325 e. The van der Waals surface area contributed by atoms with Gasteiger partial charge in [-0.15, -0.1) is 0 Å². The molecule has 2 amide bonds. The van der Waals surface area contributed by atoms with Crippen LogP contribution in [-0.4, -0.2) is 24.1 Å². The summed E-state index contributed by atoms with van der Waals surface area (Å²) in [7, 11) is 0. The molecule has 3 aromatic carbocycles. The molecule has 0 bridgehead atoms.